The molecule has 3 N–H and O–H groups in total. The molecule has 3 unspecified atom stereocenters. The number of aryl methyl sites for hydroxylation is 2. The van der Waals surface area contributed by atoms with E-state index >= 15 is 0 Å². The Morgan fingerprint density at radius 1 is 1.09 bits per heavy atom. The van der Waals surface area contributed by atoms with E-state index in [1.54, 1.807) is 11.1 Å². The van der Waals surface area contributed by atoms with Crippen LogP contribution in [0.4, 0.5) is 10.5 Å². The van der Waals surface area contributed by atoms with Crippen LogP contribution in [0.2, 0.25) is 5.02 Å². The number of hydrazine groups is 2. The molecule has 3 atom stereocenters. The topological polar surface area (TPSA) is 80.0 Å². The molecule has 9 heteroatoms. The minimum atomic E-state index is -0.258. The summed E-state index contributed by atoms with van der Waals surface area (Å²) in [4.78, 5) is 27.2. The smallest absolute Gasteiger partial charge is 0.324 e. The Bertz CT molecular complexity index is 1090. The number of amides is 3. The Balaban J connectivity index is 1.25. The van der Waals surface area contributed by atoms with Crippen molar-refractivity contribution >= 4 is 29.2 Å². The second-order valence-corrected chi connectivity index (χ2v) is 8.88. The van der Waals surface area contributed by atoms with Crippen LogP contribution in [0, 0.1) is 13.8 Å². The molecule has 0 saturated carbocycles. The number of benzene rings is 2. The number of hydrogen-bond acceptors (Lipinski definition) is 5. The van der Waals surface area contributed by atoms with Gasteiger partial charge in [0.1, 0.15) is 12.7 Å². The third kappa shape index (κ3) is 3.81. The van der Waals surface area contributed by atoms with Gasteiger partial charge in [0.05, 0.1) is 12.1 Å². The second-order valence-electron chi connectivity index (χ2n) is 8.44. The van der Waals surface area contributed by atoms with Crippen molar-refractivity contribution in [3.05, 3.63) is 76.6 Å². The summed E-state index contributed by atoms with van der Waals surface area (Å²) in [6.45, 7) is 3.95. The van der Waals surface area contributed by atoms with Crippen LogP contribution in [0.5, 0.6) is 0 Å². The molecule has 2 aromatic rings. The van der Waals surface area contributed by atoms with Gasteiger partial charge in [-0.2, -0.15) is 0 Å². The van der Waals surface area contributed by atoms with E-state index in [2.05, 4.69) is 16.2 Å². The monoisotopic (exact) mass is 452 g/mol. The number of halogens is 1. The number of rotatable bonds is 4. The van der Waals surface area contributed by atoms with Gasteiger partial charge in [0.2, 0.25) is 5.91 Å². The van der Waals surface area contributed by atoms with Gasteiger partial charge < -0.3 is 10.3 Å². The lowest BCUT2D eigenvalue weighted by molar-refractivity contribution is -0.117. The Labute approximate surface area is 191 Å². The van der Waals surface area contributed by atoms with Crippen LogP contribution in [0.25, 0.3) is 0 Å². The third-order valence-electron chi connectivity index (χ3n) is 6.30. The lowest BCUT2D eigenvalue weighted by atomic mass is 10.00. The highest BCUT2D eigenvalue weighted by molar-refractivity contribution is 6.30. The van der Waals surface area contributed by atoms with Crippen LogP contribution in [-0.4, -0.2) is 45.6 Å². The Morgan fingerprint density at radius 3 is 2.62 bits per heavy atom. The van der Waals surface area contributed by atoms with Gasteiger partial charge in [0, 0.05) is 23.1 Å². The predicted molar refractivity (Wildman–Crippen MR) is 122 cm³/mol. The molecule has 2 fully saturated rings. The highest BCUT2D eigenvalue weighted by atomic mass is 35.5. The first kappa shape index (κ1) is 20.8. The van der Waals surface area contributed by atoms with Crippen molar-refractivity contribution in [3.63, 3.8) is 0 Å². The molecule has 0 aromatic heterocycles. The minimum absolute atomic E-state index is 0.0254. The molecule has 3 heterocycles. The van der Waals surface area contributed by atoms with Gasteiger partial charge in [-0.25, -0.2) is 20.7 Å². The predicted octanol–water partition coefficient (Wildman–Crippen LogP) is 3.27. The maximum absolute atomic E-state index is 12.9. The number of urea groups is 1. The zero-order valence-corrected chi connectivity index (χ0v) is 18.6. The van der Waals surface area contributed by atoms with Crippen LogP contribution in [0.1, 0.15) is 29.2 Å². The first-order chi connectivity index (χ1) is 15.4. The molecule has 32 heavy (non-hydrogen) atoms. The highest BCUT2D eigenvalue weighted by Gasteiger charge is 2.48. The molecule has 3 aliphatic rings. The molecule has 0 radical (unpaired) electrons. The second kappa shape index (κ2) is 8.12. The van der Waals surface area contributed by atoms with Gasteiger partial charge >= 0.3 is 6.03 Å². The first-order valence-corrected chi connectivity index (χ1v) is 11.0. The van der Waals surface area contributed by atoms with Gasteiger partial charge in [-0.3, -0.25) is 9.69 Å². The lowest BCUT2D eigenvalue weighted by Gasteiger charge is -2.34. The van der Waals surface area contributed by atoms with E-state index in [0.29, 0.717) is 5.02 Å². The number of anilines is 1. The summed E-state index contributed by atoms with van der Waals surface area (Å²) < 4.78 is 0. The maximum Gasteiger partial charge on any atom is 0.340 e. The fraction of sp³-hybridized carbons (Fsp3) is 0.304. The Kier molecular flexibility index (Phi) is 5.28. The van der Waals surface area contributed by atoms with E-state index in [4.69, 9.17) is 11.6 Å². The lowest BCUT2D eigenvalue weighted by Crippen LogP contribution is -2.54. The van der Waals surface area contributed by atoms with Crippen molar-refractivity contribution < 1.29 is 9.59 Å². The van der Waals surface area contributed by atoms with E-state index in [1.807, 2.05) is 67.5 Å². The van der Waals surface area contributed by atoms with Crippen molar-refractivity contribution in [3.8, 4) is 0 Å². The van der Waals surface area contributed by atoms with E-state index in [0.717, 1.165) is 28.8 Å². The molecule has 3 aliphatic heterocycles. The van der Waals surface area contributed by atoms with E-state index in [9.17, 15) is 9.59 Å². The van der Waals surface area contributed by atoms with Crippen molar-refractivity contribution in [2.24, 2.45) is 0 Å². The average Bonchev–Trinajstić information content (AvgIpc) is 3.33. The molecule has 0 spiro atoms. The van der Waals surface area contributed by atoms with Crippen LogP contribution < -0.4 is 16.2 Å². The largest absolute Gasteiger partial charge is 0.340 e. The molecule has 8 nitrogen and oxygen atoms in total. The fourth-order valence-corrected chi connectivity index (χ4v) is 4.53. The third-order valence-corrected chi connectivity index (χ3v) is 6.55. The van der Waals surface area contributed by atoms with Gasteiger partial charge in [-0.15, -0.1) is 0 Å². The van der Waals surface area contributed by atoms with E-state index in [1.165, 1.54) is 5.01 Å². The minimum Gasteiger partial charge on any atom is -0.324 e. The standard InChI is InChI=1S/C23H25ClN6O2/c1-14-3-8-18(11-15(14)2)25-21(31)13-30-23(32)28-9-10-29-20(22(28)27-30)12-19(26-29)16-4-6-17(24)7-5-16/h3-11,19-20,22,26-27H,12-13H2,1-2H3,(H,25,31). The molecule has 0 bridgehead atoms. The molecule has 166 valence electrons. The summed E-state index contributed by atoms with van der Waals surface area (Å²) in [6.07, 6.45) is 4.16. The quantitative estimate of drug-likeness (QED) is 0.663. The van der Waals surface area contributed by atoms with Gasteiger partial charge in [0.15, 0.2) is 0 Å². The molecule has 2 saturated heterocycles. The SMILES string of the molecule is Cc1ccc(NC(=O)CN2NC3C4CC(c5ccc(Cl)cc5)NN4C=CN3C2=O)cc1C. The number of nitrogens with one attached hydrogen (secondary N) is 3. The summed E-state index contributed by atoms with van der Waals surface area (Å²) in [5.74, 6) is -0.252. The summed E-state index contributed by atoms with van der Waals surface area (Å²) in [6, 6.07) is 13.4. The molecular formula is C23H25ClN6O2. The first-order valence-electron chi connectivity index (χ1n) is 10.6. The summed E-state index contributed by atoms with van der Waals surface area (Å²) in [7, 11) is 0. The van der Waals surface area contributed by atoms with Crippen molar-refractivity contribution in [2.75, 3.05) is 11.9 Å². The summed E-state index contributed by atoms with van der Waals surface area (Å²) >= 11 is 6.02. The van der Waals surface area contributed by atoms with Crippen LogP contribution in [0.3, 0.4) is 0 Å². The highest BCUT2D eigenvalue weighted by Crippen LogP contribution is 2.34. The molecular weight excluding hydrogens is 428 g/mol. The number of carbonyl (C=O) groups excluding carboxylic acids is 2. The van der Waals surface area contributed by atoms with Crippen molar-refractivity contribution in [1.29, 1.82) is 0 Å². The van der Waals surface area contributed by atoms with Crippen molar-refractivity contribution in [2.45, 2.75) is 38.5 Å². The Hall–Kier alpha value is -3.07. The van der Waals surface area contributed by atoms with E-state index in [-0.39, 0.29) is 36.7 Å². The summed E-state index contributed by atoms with van der Waals surface area (Å²) in [5.41, 5.74) is 10.8. The van der Waals surface area contributed by atoms with E-state index < -0.39 is 0 Å². The number of nitrogens with zero attached hydrogens (tertiary/aromatic N) is 3. The molecule has 0 aliphatic carbocycles. The average molecular weight is 453 g/mol. The molecule has 5 rings (SSSR count). The zero-order valence-electron chi connectivity index (χ0n) is 17.9. The molecule has 2 aromatic carbocycles. The van der Waals surface area contributed by atoms with Gasteiger partial charge in [0.25, 0.3) is 0 Å². The van der Waals surface area contributed by atoms with Crippen LogP contribution >= 0.6 is 11.6 Å². The molecule has 3 amide bonds. The number of carbonyl (C=O) groups is 2. The normalized spacial score (nSPS) is 24.0. The van der Waals surface area contributed by atoms with Crippen LogP contribution in [0.15, 0.2) is 54.9 Å². The van der Waals surface area contributed by atoms with Crippen LogP contribution in [-0.2, 0) is 4.79 Å². The summed E-state index contributed by atoms with van der Waals surface area (Å²) in [5, 5.41) is 6.98. The number of fused-ring (bicyclic) bond motifs is 3. The Morgan fingerprint density at radius 2 is 1.88 bits per heavy atom. The van der Waals surface area contributed by atoms with Gasteiger partial charge in [-0.1, -0.05) is 29.8 Å². The zero-order chi connectivity index (χ0) is 22.4. The fourth-order valence-electron chi connectivity index (χ4n) is 4.41. The van der Waals surface area contributed by atoms with Gasteiger partial charge in [-0.05, 0) is 61.2 Å². The maximum atomic E-state index is 12.9. The van der Waals surface area contributed by atoms with Crippen molar-refractivity contribution in [1.82, 2.24) is 25.8 Å². The number of hydrogen-bond donors (Lipinski definition) is 3.